The van der Waals surface area contributed by atoms with Gasteiger partial charge in [-0.05, 0) is 36.2 Å². The predicted octanol–water partition coefficient (Wildman–Crippen LogP) is 4.99. The summed E-state index contributed by atoms with van der Waals surface area (Å²) >= 11 is 0. The monoisotopic (exact) mass is 397 g/mol. The molecule has 1 amide bonds. The average molecular weight is 397 g/mol. The molecule has 0 aromatic heterocycles. The third kappa shape index (κ3) is 4.54. The minimum Gasteiger partial charge on any atom is -0.493 e. The van der Waals surface area contributed by atoms with Gasteiger partial charge in [-0.2, -0.15) is 8.78 Å². The molecule has 3 aromatic rings. The summed E-state index contributed by atoms with van der Waals surface area (Å²) in [6, 6.07) is 23.2. The van der Waals surface area contributed by atoms with Gasteiger partial charge in [-0.15, -0.1) is 0 Å². The van der Waals surface area contributed by atoms with Crippen LogP contribution in [0.3, 0.4) is 0 Å². The summed E-state index contributed by atoms with van der Waals surface area (Å²) in [5, 5.41) is 3.04. The number of nitrogens with one attached hydrogen (secondary N) is 1. The smallest absolute Gasteiger partial charge is 0.387 e. The van der Waals surface area contributed by atoms with Crippen LogP contribution in [0.15, 0.2) is 78.9 Å². The zero-order chi connectivity index (χ0) is 20.9. The Morgan fingerprint density at radius 2 is 1.45 bits per heavy atom. The Labute approximate surface area is 168 Å². The lowest BCUT2D eigenvalue weighted by Gasteiger charge is -2.32. The van der Waals surface area contributed by atoms with Crippen molar-refractivity contribution in [3.63, 3.8) is 0 Å². The molecule has 3 aromatic carbocycles. The van der Waals surface area contributed by atoms with Crippen LogP contribution in [-0.2, 0) is 5.54 Å². The molecule has 0 atom stereocenters. The summed E-state index contributed by atoms with van der Waals surface area (Å²) in [6.07, 6.45) is 0. The van der Waals surface area contributed by atoms with Crippen LogP contribution in [-0.4, -0.2) is 19.6 Å². The van der Waals surface area contributed by atoms with Gasteiger partial charge in [-0.25, -0.2) is 0 Å². The Hall–Kier alpha value is -3.41. The van der Waals surface area contributed by atoms with Crippen molar-refractivity contribution >= 4 is 5.91 Å². The second kappa shape index (κ2) is 8.73. The van der Waals surface area contributed by atoms with Crippen LogP contribution in [0.5, 0.6) is 11.5 Å². The molecule has 0 radical (unpaired) electrons. The minimum absolute atomic E-state index is 0.121. The van der Waals surface area contributed by atoms with Crippen molar-refractivity contribution in [1.82, 2.24) is 5.32 Å². The van der Waals surface area contributed by atoms with Crippen molar-refractivity contribution in [2.24, 2.45) is 0 Å². The van der Waals surface area contributed by atoms with Crippen molar-refractivity contribution in [2.45, 2.75) is 19.1 Å². The molecule has 0 aliphatic carbocycles. The average Bonchev–Trinajstić information content (AvgIpc) is 2.74. The van der Waals surface area contributed by atoms with E-state index in [1.54, 1.807) is 0 Å². The van der Waals surface area contributed by atoms with Crippen molar-refractivity contribution in [3.05, 3.63) is 95.6 Å². The summed E-state index contributed by atoms with van der Waals surface area (Å²) < 4.78 is 34.9. The molecule has 0 saturated carbocycles. The summed E-state index contributed by atoms with van der Waals surface area (Å²) in [7, 11) is 1.34. The zero-order valence-corrected chi connectivity index (χ0v) is 16.1. The first-order valence-electron chi connectivity index (χ1n) is 9.00. The molecule has 0 unspecified atom stereocenters. The topological polar surface area (TPSA) is 47.6 Å². The summed E-state index contributed by atoms with van der Waals surface area (Å²) in [6.45, 7) is -1.13. The quantitative estimate of drug-likeness (QED) is 0.611. The van der Waals surface area contributed by atoms with Gasteiger partial charge in [0.25, 0.3) is 5.91 Å². The summed E-state index contributed by atoms with van der Waals surface area (Å²) in [5.74, 6) is -0.506. The number of ether oxygens (including phenoxy) is 2. The van der Waals surface area contributed by atoms with Gasteiger partial charge in [0.1, 0.15) is 0 Å². The molecule has 0 spiro atoms. The number of halogens is 2. The number of carbonyl (C=O) groups is 1. The van der Waals surface area contributed by atoms with E-state index in [2.05, 4.69) is 10.1 Å². The number of alkyl halides is 2. The van der Waals surface area contributed by atoms with E-state index < -0.39 is 18.1 Å². The number of rotatable bonds is 7. The maximum atomic E-state index is 13.0. The van der Waals surface area contributed by atoms with Gasteiger partial charge in [0.05, 0.1) is 12.6 Å². The highest BCUT2D eigenvalue weighted by molar-refractivity contribution is 5.95. The third-order valence-corrected chi connectivity index (χ3v) is 4.71. The van der Waals surface area contributed by atoms with Gasteiger partial charge in [0.2, 0.25) is 0 Å². The fourth-order valence-electron chi connectivity index (χ4n) is 3.16. The maximum Gasteiger partial charge on any atom is 0.387 e. The van der Waals surface area contributed by atoms with E-state index >= 15 is 0 Å². The molecule has 1 N–H and O–H groups in total. The molecule has 150 valence electrons. The number of methoxy groups -OCH3 is 1. The Bertz CT molecular complexity index is 923. The third-order valence-electron chi connectivity index (χ3n) is 4.71. The van der Waals surface area contributed by atoms with Crippen LogP contribution >= 0.6 is 0 Å². The molecule has 0 bridgehead atoms. The Morgan fingerprint density at radius 3 is 1.93 bits per heavy atom. The highest BCUT2D eigenvalue weighted by Gasteiger charge is 2.31. The van der Waals surface area contributed by atoms with E-state index in [1.807, 2.05) is 67.6 Å². The fraction of sp³-hybridized carbons (Fsp3) is 0.174. The van der Waals surface area contributed by atoms with Crippen molar-refractivity contribution in [1.29, 1.82) is 0 Å². The van der Waals surface area contributed by atoms with Gasteiger partial charge in [0.15, 0.2) is 11.5 Å². The zero-order valence-electron chi connectivity index (χ0n) is 16.1. The summed E-state index contributed by atoms with van der Waals surface area (Å²) in [5.41, 5.74) is 1.12. The first-order valence-corrected chi connectivity index (χ1v) is 9.00. The molecular formula is C23H21F2NO3. The van der Waals surface area contributed by atoms with Crippen LogP contribution in [0, 0.1) is 0 Å². The second-order valence-corrected chi connectivity index (χ2v) is 6.56. The number of amides is 1. The van der Waals surface area contributed by atoms with E-state index in [1.165, 1.54) is 25.3 Å². The molecule has 4 nitrogen and oxygen atoms in total. The Morgan fingerprint density at radius 1 is 0.897 bits per heavy atom. The summed E-state index contributed by atoms with van der Waals surface area (Å²) in [4.78, 5) is 13.0. The number of hydrogen-bond donors (Lipinski definition) is 1. The number of carbonyl (C=O) groups excluding carboxylic acids is 1. The van der Waals surface area contributed by atoms with Gasteiger partial charge in [-0.3, -0.25) is 4.79 Å². The lowest BCUT2D eigenvalue weighted by Crippen LogP contribution is -2.44. The van der Waals surface area contributed by atoms with E-state index in [0.717, 1.165) is 11.1 Å². The minimum atomic E-state index is -3.03. The van der Waals surface area contributed by atoms with Gasteiger partial charge in [-0.1, -0.05) is 60.7 Å². The van der Waals surface area contributed by atoms with Crippen molar-refractivity contribution in [2.75, 3.05) is 7.11 Å². The molecule has 0 heterocycles. The Kier molecular flexibility index (Phi) is 6.12. The van der Waals surface area contributed by atoms with Gasteiger partial charge < -0.3 is 14.8 Å². The van der Waals surface area contributed by atoms with Gasteiger partial charge in [0, 0.05) is 5.56 Å². The second-order valence-electron chi connectivity index (χ2n) is 6.56. The van der Waals surface area contributed by atoms with E-state index in [9.17, 15) is 13.6 Å². The maximum absolute atomic E-state index is 13.0. The van der Waals surface area contributed by atoms with Crippen LogP contribution in [0.25, 0.3) is 0 Å². The van der Waals surface area contributed by atoms with E-state index in [-0.39, 0.29) is 17.1 Å². The highest BCUT2D eigenvalue weighted by Crippen LogP contribution is 2.32. The standard InChI is InChI=1S/C23H21F2NO3/c1-23(17-9-5-3-6-10-17,18-11-7-4-8-12-18)26-21(27)16-13-14-19(28-2)20(15-16)29-22(24)25/h3-15,22H,1-2H3,(H,26,27). The van der Waals surface area contributed by atoms with Crippen LogP contribution in [0.2, 0.25) is 0 Å². The number of hydrogen-bond acceptors (Lipinski definition) is 3. The largest absolute Gasteiger partial charge is 0.493 e. The van der Waals surface area contributed by atoms with Crippen LogP contribution in [0.1, 0.15) is 28.4 Å². The van der Waals surface area contributed by atoms with Gasteiger partial charge >= 0.3 is 6.61 Å². The molecule has 29 heavy (non-hydrogen) atoms. The molecule has 0 aliphatic heterocycles. The molecule has 6 heteroatoms. The molecule has 0 fully saturated rings. The van der Waals surface area contributed by atoms with Crippen molar-refractivity contribution in [3.8, 4) is 11.5 Å². The lowest BCUT2D eigenvalue weighted by atomic mass is 9.84. The SMILES string of the molecule is COc1ccc(C(=O)NC(C)(c2ccccc2)c2ccccc2)cc1OC(F)F. The van der Waals surface area contributed by atoms with Crippen LogP contribution in [0.4, 0.5) is 8.78 Å². The van der Waals surface area contributed by atoms with Crippen LogP contribution < -0.4 is 14.8 Å². The predicted molar refractivity (Wildman–Crippen MR) is 106 cm³/mol. The molecular weight excluding hydrogens is 376 g/mol. The van der Waals surface area contributed by atoms with Crippen molar-refractivity contribution < 1.29 is 23.0 Å². The molecule has 0 aliphatic rings. The molecule has 3 rings (SSSR count). The first-order chi connectivity index (χ1) is 13.9. The number of benzene rings is 3. The Balaban J connectivity index is 1.98. The van der Waals surface area contributed by atoms with E-state index in [0.29, 0.717) is 0 Å². The normalized spacial score (nSPS) is 11.2. The fourth-order valence-corrected chi connectivity index (χ4v) is 3.16. The molecule has 0 saturated heterocycles. The van der Waals surface area contributed by atoms with E-state index in [4.69, 9.17) is 4.74 Å². The first kappa shape index (κ1) is 20.3. The highest BCUT2D eigenvalue weighted by atomic mass is 19.3. The lowest BCUT2D eigenvalue weighted by molar-refractivity contribution is -0.0512.